The number of hydrogen-bond acceptors (Lipinski definition) is 4. The van der Waals surface area contributed by atoms with Gasteiger partial charge < -0.3 is 21.1 Å². The molecule has 0 radical (unpaired) electrons. The minimum absolute atomic E-state index is 0.294. The molecule has 1 aliphatic heterocycles. The molecule has 174 valence electrons. The van der Waals surface area contributed by atoms with Gasteiger partial charge in [0, 0.05) is 17.3 Å². The Morgan fingerprint density at radius 3 is 2.26 bits per heavy atom. The number of carbonyl (C=O) groups excluding carboxylic acids is 3. The molecule has 3 atom stereocenters. The van der Waals surface area contributed by atoms with Crippen LogP contribution in [0.25, 0.3) is 11.1 Å². The lowest BCUT2D eigenvalue weighted by atomic mass is 9.95. The highest BCUT2D eigenvalue weighted by molar-refractivity contribution is 6.05. The zero-order valence-corrected chi connectivity index (χ0v) is 18.0. The van der Waals surface area contributed by atoms with Crippen LogP contribution in [0.2, 0.25) is 0 Å². The number of carbonyl (C=O) groups is 3. The molecule has 0 saturated carbocycles. The van der Waals surface area contributed by atoms with E-state index in [1.807, 2.05) is 24.3 Å². The van der Waals surface area contributed by atoms with E-state index in [1.54, 1.807) is 24.3 Å². The lowest BCUT2D eigenvalue weighted by Gasteiger charge is -2.22. The quantitative estimate of drug-likeness (QED) is 0.465. The molecule has 3 unspecified atom stereocenters. The van der Waals surface area contributed by atoms with Gasteiger partial charge in [-0.05, 0) is 41.8 Å². The molecule has 0 aromatic heterocycles. The lowest BCUT2D eigenvalue weighted by molar-refractivity contribution is -0.134. The molecule has 0 fully saturated rings. The summed E-state index contributed by atoms with van der Waals surface area (Å²) in [6, 6.07) is 14.4. The van der Waals surface area contributed by atoms with Gasteiger partial charge in [-0.15, -0.1) is 0 Å². The van der Waals surface area contributed by atoms with Crippen LogP contribution in [-0.4, -0.2) is 28.9 Å². The molecule has 9 heteroatoms. The topological polar surface area (TPSA) is 108 Å². The first kappa shape index (κ1) is 23.1. The fraction of sp³-hybridized carbons (Fsp3) is 0.160. The summed E-state index contributed by atoms with van der Waals surface area (Å²) in [4.78, 5) is 38.2. The Labute approximate surface area is 193 Å². The molecular weight excluding hydrogens is 444 g/mol. The first-order chi connectivity index (χ1) is 16.2. The summed E-state index contributed by atoms with van der Waals surface area (Å²) in [6.45, 7) is 1.36. The summed E-state index contributed by atoms with van der Waals surface area (Å²) in [5.74, 6) is -4.07. The Balaban J connectivity index is 1.51. The minimum atomic E-state index is -1.89. The highest BCUT2D eigenvalue weighted by Gasteiger charge is 2.31. The van der Waals surface area contributed by atoms with Crippen LogP contribution in [0.5, 0.6) is 0 Å². The van der Waals surface area contributed by atoms with E-state index in [4.69, 9.17) is 0 Å². The third kappa shape index (κ3) is 4.65. The van der Waals surface area contributed by atoms with Crippen molar-refractivity contribution in [1.29, 1.82) is 0 Å². The third-order valence-corrected chi connectivity index (χ3v) is 5.50. The van der Waals surface area contributed by atoms with Crippen molar-refractivity contribution in [3.05, 3.63) is 89.5 Å². The van der Waals surface area contributed by atoms with Crippen LogP contribution in [0.4, 0.5) is 14.5 Å². The van der Waals surface area contributed by atoms with Crippen LogP contribution in [0.1, 0.15) is 30.2 Å². The SMILES string of the molecule is CC(NC(=O)C(O)c1cc(F)cc(F)c1)C(=O)NC1C(=O)Nc2ccccc2-c2ccccc21. The monoisotopic (exact) mass is 465 g/mol. The van der Waals surface area contributed by atoms with Gasteiger partial charge in [-0.2, -0.15) is 0 Å². The van der Waals surface area contributed by atoms with Crippen molar-refractivity contribution in [2.45, 2.75) is 25.1 Å². The van der Waals surface area contributed by atoms with Crippen molar-refractivity contribution in [2.24, 2.45) is 0 Å². The Kier molecular flexibility index (Phi) is 6.38. The van der Waals surface area contributed by atoms with E-state index in [0.29, 0.717) is 17.3 Å². The molecule has 0 bridgehead atoms. The minimum Gasteiger partial charge on any atom is -0.378 e. The molecular formula is C25H21F2N3O4. The molecule has 7 nitrogen and oxygen atoms in total. The molecule has 0 spiro atoms. The Hall–Kier alpha value is -4.11. The number of benzene rings is 3. The smallest absolute Gasteiger partial charge is 0.254 e. The van der Waals surface area contributed by atoms with E-state index in [0.717, 1.165) is 23.3 Å². The van der Waals surface area contributed by atoms with Crippen molar-refractivity contribution in [1.82, 2.24) is 10.6 Å². The second-order valence-corrected chi connectivity index (χ2v) is 7.90. The molecule has 34 heavy (non-hydrogen) atoms. The maximum absolute atomic E-state index is 13.4. The van der Waals surface area contributed by atoms with Crippen molar-refractivity contribution < 1.29 is 28.3 Å². The van der Waals surface area contributed by atoms with Gasteiger partial charge >= 0.3 is 0 Å². The first-order valence-corrected chi connectivity index (χ1v) is 10.5. The highest BCUT2D eigenvalue weighted by Crippen LogP contribution is 2.37. The number of amides is 3. The van der Waals surface area contributed by atoms with Gasteiger partial charge in [-0.25, -0.2) is 8.78 Å². The maximum Gasteiger partial charge on any atom is 0.254 e. The Bertz CT molecular complexity index is 1260. The number of fused-ring (bicyclic) bond motifs is 3. The number of hydrogen-bond donors (Lipinski definition) is 4. The van der Waals surface area contributed by atoms with E-state index < -0.39 is 47.5 Å². The van der Waals surface area contributed by atoms with E-state index in [-0.39, 0.29) is 5.56 Å². The van der Waals surface area contributed by atoms with Crippen molar-refractivity contribution in [3.63, 3.8) is 0 Å². The summed E-state index contributed by atoms with van der Waals surface area (Å²) in [7, 11) is 0. The van der Waals surface area contributed by atoms with Crippen LogP contribution in [-0.2, 0) is 14.4 Å². The summed E-state index contributed by atoms with van der Waals surface area (Å²) in [5, 5.41) is 17.9. The second kappa shape index (κ2) is 9.40. The maximum atomic E-state index is 13.4. The van der Waals surface area contributed by atoms with E-state index >= 15 is 0 Å². The van der Waals surface area contributed by atoms with Crippen molar-refractivity contribution >= 4 is 23.4 Å². The zero-order chi connectivity index (χ0) is 24.4. The van der Waals surface area contributed by atoms with Crippen LogP contribution >= 0.6 is 0 Å². The number of para-hydroxylation sites is 1. The van der Waals surface area contributed by atoms with Crippen molar-refractivity contribution in [3.8, 4) is 11.1 Å². The molecule has 3 aromatic carbocycles. The molecule has 3 aromatic rings. The van der Waals surface area contributed by atoms with Gasteiger partial charge in [0.2, 0.25) is 5.91 Å². The standard InChI is InChI=1S/C25H21F2N3O4/c1-13(28-25(34)22(31)14-10-15(26)12-16(27)11-14)23(32)30-21-19-8-3-2-6-17(19)18-7-4-5-9-20(18)29-24(21)33/h2-13,21-22,31H,1H3,(H,28,34)(H,29,33)(H,30,32). The summed E-state index contributed by atoms with van der Waals surface area (Å²) < 4.78 is 26.8. The van der Waals surface area contributed by atoms with Crippen molar-refractivity contribution in [2.75, 3.05) is 5.32 Å². The second-order valence-electron chi connectivity index (χ2n) is 7.90. The van der Waals surface area contributed by atoms with E-state index in [2.05, 4.69) is 16.0 Å². The zero-order valence-electron chi connectivity index (χ0n) is 18.0. The normalized spacial score (nSPS) is 16.2. The highest BCUT2D eigenvalue weighted by atomic mass is 19.1. The molecule has 1 aliphatic rings. The predicted molar refractivity (Wildman–Crippen MR) is 120 cm³/mol. The van der Waals surface area contributed by atoms with Crippen LogP contribution in [0.3, 0.4) is 0 Å². The molecule has 0 aliphatic carbocycles. The molecule has 0 saturated heterocycles. The largest absolute Gasteiger partial charge is 0.378 e. The van der Waals surface area contributed by atoms with Gasteiger partial charge in [0.05, 0.1) is 0 Å². The average molecular weight is 465 g/mol. The molecule has 3 amide bonds. The van der Waals surface area contributed by atoms with Gasteiger partial charge in [0.25, 0.3) is 11.8 Å². The number of aliphatic hydroxyl groups is 1. The number of rotatable bonds is 5. The molecule has 4 N–H and O–H groups in total. The number of anilines is 1. The van der Waals surface area contributed by atoms with E-state index in [9.17, 15) is 28.3 Å². The van der Waals surface area contributed by atoms with Crippen LogP contribution in [0, 0.1) is 11.6 Å². The summed E-state index contributed by atoms with van der Waals surface area (Å²) in [6.07, 6.45) is -1.89. The van der Waals surface area contributed by atoms with Crippen LogP contribution in [0.15, 0.2) is 66.7 Å². The molecule has 1 heterocycles. The lowest BCUT2D eigenvalue weighted by Crippen LogP contribution is -2.48. The Morgan fingerprint density at radius 1 is 0.941 bits per heavy atom. The average Bonchev–Trinajstić information content (AvgIpc) is 2.92. The molecule has 4 rings (SSSR count). The van der Waals surface area contributed by atoms with Gasteiger partial charge in [-0.3, -0.25) is 14.4 Å². The van der Waals surface area contributed by atoms with Gasteiger partial charge in [0.1, 0.15) is 23.7 Å². The fourth-order valence-electron chi connectivity index (χ4n) is 3.82. The summed E-state index contributed by atoms with van der Waals surface area (Å²) >= 11 is 0. The third-order valence-electron chi connectivity index (χ3n) is 5.50. The van der Waals surface area contributed by atoms with E-state index in [1.165, 1.54) is 6.92 Å². The predicted octanol–water partition coefficient (Wildman–Crippen LogP) is 2.98. The summed E-state index contributed by atoms with van der Waals surface area (Å²) in [5.41, 5.74) is 2.45. The fourth-order valence-corrected chi connectivity index (χ4v) is 3.82. The van der Waals surface area contributed by atoms with Crippen LogP contribution < -0.4 is 16.0 Å². The Morgan fingerprint density at radius 2 is 1.56 bits per heavy atom. The number of halogens is 2. The first-order valence-electron chi connectivity index (χ1n) is 10.5. The number of nitrogens with one attached hydrogen (secondary N) is 3. The van der Waals surface area contributed by atoms with Gasteiger partial charge in [-0.1, -0.05) is 42.5 Å². The number of aliphatic hydroxyl groups excluding tert-OH is 1. The van der Waals surface area contributed by atoms with Gasteiger partial charge in [0.15, 0.2) is 6.10 Å².